The van der Waals surface area contributed by atoms with Crippen LogP contribution in [0.1, 0.15) is 67.2 Å². The van der Waals surface area contributed by atoms with Gasteiger partial charge in [0.05, 0.1) is 24.3 Å². The Morgan fingerprint density at radius 2 is 1.65 bits per heavy atom. The van der Waals surface area contributed by atoms with Gasteiger partial charge in [-0.15, -0.1) is 0 Å². The predicted molar refractivity (Wildman–Crippen MR) is 98.7 cm³/mol. The van der Waals surface area contributed by atoms with E-state index in [2.05, 4.69) is 36.4 Å². The van der Waals surface area contributed by atoms with Gasteiger partial charge in [0.2, 0.25) is 0 Å². The van der Waals surface area contributed by atoms with Crippen molar-refractivity contribution in [3.63, 3.8) is 0 Å². The highest BCUT2D eigenvalue weighted by molar-refractivity contribution is 14.1. The molecule has 5 heteroatoms. The van der Waals surface area contributed by atoms with Crippen molar-refractivity contribution >= 4 is 34.5 Å². The van der Waals surface area contributed by atoms with Crippen molar-refractivity contribution in [3.8, 4) is 0 Å². The minimum atomic E-state index is -0.469. The Bertz CT molecular complexity index is 526. The van der Waals surface area contributed by atoms with Crippen LogP contribution in [-0.4, -0.2) is 25.2 Å². The van der Waals surface area contributed by atoms with Gasteiger partial charge < -0.3 is 9.47 Å². The van der Waals surface area contributed by atoms with E-state index in [0.717, 1.165) is 29.3 Å². The number of ether oxygens (including phenoxy) is 2. The van der Waals surface area contributed by atoms with Crippen LogP contribution in [0.15, 0.2) is 18.2 Å². The highest BCUT2D eigenvalue weighted by Gasteiger charge is 2.20. The molecule has 0 atom stereocenters. The first-order valence-electron chi connectivity index (χ1n) is 8.09. The molecule has 1 aromatic carbocycles. The number of rotatable bonds is 9. The lowest BCUT2D eigenvalue weighted by Crippen LogP contribution is -2.15. The number of esters is 2. The van der Waals surface area contributed by atoms with Crippen LogP contribution in [0.2, 0.25) is 0 Å². The van der Waals surface area contributed by atoms with Gasteiger partial charge in [-0.05, 0) is 66.0 Å². The van der Waals surface area contributed by atoms with E-state index in [1.807, 2.05) is 6.92 Å². The summed E-state index contributed by atoms with van der Waals surface area (Å²) in [5.74, 6) is -0.353. The highest BCUT2D eigenvalue weighted by Crippen LogP contribution is 2.17. The third-order valence-electron chi connectivity index (χ3n) is 3.31. The lowest BCUT2D eigenvalue weighted by Gasteiger charge is -2.11. The summed E-state index contributed by atoms with van der Waals surface area (Å²) >= 11 is 2.11. The van der Waals surface area contributed by atoms with E-state index in [-0.39, 0.29) is 11.1 Å². The molecule has 0 aliphatic heterocycles. The first-order valence-corrected chi connectivity index (χ1v) is 9.17. The molecule has 4 nitrogen and oxygen atoms in total. The second-order valence-corrected chi connectivity index (χ2v) is 7.10. The highest BCUT2D eigenvalue weighted by atomic mass is 127. The van der Waals surface area contributed by atoms with Crippen LogP contribution in [0.25, 0.3) is 0 Å². The minimum Gasteiger partial charge on any atom is -0.462 e. The van der Waals surface area contributed by atoms with Gasteiger partial charge in [0, 0.05) is 3.57 Å². The number of halogens is 1. The summed E-state index contributed by atoms with van der Waals surface area (Å²) in [4.78, 5) is 24.4. The fraction of sp³-hybridized carbons (Fsp3) is 0.556. The van der Waals surface area contributed by atoms with Crippen molar-refractivity contribution in [2.75, 3.05) is 13.2 Å². The van der Waals surface area contributed by atoms with Gasteiger partial charge in [-0.2, -0.15) is 0 Å². The SMILES string of the molecule is CCCCOC(=O)c1ccc(I)cc1C(=O)OCCCC(C)C. The van der Waals surface area contributed by atoms with E-state index in [0.29, 0.717) is 19.1 Å². The average Bonchev–Trinajstić information content (AvgIpc) is 2.51. The molecule has 128 valence electrons. The quantitative estimate of drug-likeness (QED) is 0.318. The Labute approximate surface area is 152 Å². The smallest absolute Gasteiger partial charge is 0.339 e. The van der Waals surface area contributed by atoms with Crippen molar-refractivity contribution in [3.05, 3.63) is 32.9 Å². The topological polar surface area (TPSA) is 52.6 Å². The van der Waals surface area contributed by atoms with Crippen molar-refractivity contribution < 1.29 is 19.1 Å². The van der Waals surface area contributed by atoms with Crippen LogP contribution < -0.4 is 0 Å². The summed E-state index contributed by atoms with van der Waals surface area (Å²) in [5.41, 5.74) is 0.554. The van der Waals surface area contributed by atoms with E-state index < -0.39 is 11.9 Å². The van der Waals surface area contributed by atoms with Gasteiger partial charge in [0.25, 0.3) is 0 Å². The Kier molecular flexibility index (Phi) is 9.21. The molecule has 0 N–H and O–H groups in total. The Morgan fingerprint density at radius 1 is 1.04 bits per heavy atom. The van der Waals surface area contributed by atoms with Crippen molar-refractivity contribution in [2.24, 2.45) is 5.92 Å². The molecule has 0 amide bonds. The zero-order valence-electron chi connectivity index (χ0n) is 14.1. The fourth-order valence-electron chi connectivity index (χ4n) is 1.98. The second-order valence-electron chi connectivity index (χ2n) is 5.85. The summed E-state index contributed by atoms with van der Waals surface area (Å²) < 4.78 is 11.4. The molecule has 0 fully saturated rings. The first-order chi connectivity index (χ1) is 11.0. The Balaban J connectivity index is 2.73. The molecule has 0 saturated heterocycles. The van der Waals surface area contributed by atoms with Crippen molar-refractivity contribution in [1.29, 1.82) is 0 Å². The zero-order chi connectivity index (χ0) is 17.2. The minimum absolute atomic E-state index is 0.273. The van der Waals surface area contributed by atoms with Gasteiger partial charge in [-0.3, -0.25) is 0 Å². The van der Waals surface area contributed by atoms with Gasteiger partial charge in [-0.25, -0.2) is 9.59 Å². The second kappa shape index (κ2) is 10.6. The van der Waals surface area contributed by atoms with E-state index in [4.69, 9.17) is 9.47 Å². The number of hydrogen-bond acceptors (Lipinski definition) is 4. The summed E-state index contributed by atoms with van der Waals surface area (Å²) in [6, 6.07) is 5.08. The number of benzene rings is 1. The van der Waals surface area contributed by atoms with Crippen LogP contribution in [0.3, 0.4) is 0 Å². The van der Waals surface area contributed by atoms with Gasteiger partial charge >= 0.3 is 11.9 Å². The molecule has 0 aliphatic carbocycles. The summed E-state index contributed by atoms with van der Waals surface area (Å²) in [6.07, 6.45) is 3.59. The molecular formula is C18H25IO4. The van der Waals surface area contributed by atoms with E-state index in [1.54, 1.807) is 18.2 Å². The number of carbonyl (C=O) groups is 2. The maximum atomic E-state index is 12.3. The molecule has 0 aliphatic rings. The molecule has 0 spiro atoms. The molecule has 0 radical (unpaired) electrons. The molecule has 0 aromatic heterocycles. The van der Waals surface area contributed by atoms with Gasteiger partial charge in [-0.1, -0.05) is 27.2 Å². The van der Waals surface area contributed by atoms with Crippen LogP contribution in [0, 0.1) is 9.49 Å². The number of carbonyl (C=O) groups excluding carboxylic acids is 2. The zero-order valence-corrected chi connectivity index (χ0v) is 16.2. The number of hydrogen-bond donors (Lipinski definition) is 0. The predicted octanol–water partition coefficient (Wildman–Crippen LogP) is 4.84. The van der Waals surface area contributed by atoms with Crippen molar-refractivity contribution in [1.82, 2.24) is 0 Å². The fourth-order valence-corrected chi connectivity index (χ4v) is 2.48. The third kappa shape index (κ3) is 7.33. The Hall–Kier alpha value is -1.11. The maximum Gasteiger partial charge on any atom is 0.339 e. The van der Waals surface area contributed by atoms with Crippen LogP contribution >= 0.6 is 22.6 Å². The van der Waals surface area contributed by atoms with Crippen LogP contribution in [-0.2, 0) is 9.47 Å². The summed E-state index contributed by atoms with van der Waals surface area (Å²) in [5, 5.41) is 0. The molecular weight excluding hydrogens is 407 g/mol. The molecule has 1 aromatic rings. The third-order valence-corrected chi connectivity index (χ3v) is 3.98. The van der Waals surface area contributed by atoms with Crippen LogP contribution in [0.5, 0.6) is 0 Å². The van der Waals surface area contributed by atoms with E-state index in [1.165, 1.54) is 0 Å². The summed E-state index contributed by atoms with van der Waals surface area (Å²) in [7, 11) is 0. The monoisotopic (exact) mass is 432 g/mol. The first kappa shape index (κ1) is 19.9. The number of unbranched alkanes of at least 4 members (excludes halogenated alkanes) is 1. The lowest BCUT2D eigenvalue weighted by molar-refractivity contribution is 0.0450. The van der Waals surface area contributed by atoms with Crippen LogP contribution in [0.4, 0.5) is 0 Å². The molecule has 0 saturated carbocycles. The van der Waals surface area contributed by atoms with E-state index in [9.17, 15) is 9.59 Å². The molecule has 23 heavy (non-hydrogen) atoms. The Morgan fingerprint density at radius 3 is 2.26 bits per heavy atom. The lowest BCUT2D eigenvalue weighted by atomic mass is 10.1. The van der Waals surface area contributed by atoms with Gasteiger partial charge in [0.1, 0.15) is 0 Å². The molecule has 0 bridgehead atoms. The summed E-state index contributed by atoms with van der Waals surface area (Å²) in [6.45, 7) is 7.02. The van der Waals surface area contributed by atoms with Crippen molar-refractivity contribution in [2.45, 2.75) is 46.5 Å². The molecule has 0 heterocycles. The largest absolute Gasteiger partial charge is 0.462 e. The molecule has 1 rings (SSSR count). The van der Waals surface area contributed by atoms with E-state index >= 15 is 0 Å². The average molecular weight is 432 g/mol. The standard InChI is InChI=1S/C18H25IO4/c1-4-5-10-22-17(20)15-9-8-14(19)12-16(15)18(21)23-11-6-7-13(2)3/h8-9,12-13H,4-7,10-11H2,1-3H3. The molecule has 0 unspecified atom stereocenters. The normalized spacial score (nSPS) is 10.7. The maximum absolute atomic E-state index is 12.3. The van der Waals surface area contributed by atoms with Gasteiger partial charge in [0.15, 0.2) is 0 Å².